The van der Waals surface area contributed by atoms with E-state index in [4.69, 9.17) is 14.2 Å². The molecule has 1 atom stereocenters. The summed E-state index contributed by atoms with van der Waals surface area (Å²) in [5.41, 5.74) is 3.10. The summed E-state index contributed by atoms with van der Waals surface area (Å²) in [5, 5.41) is 2.92. The van der Waals surface area contributed by atoms with E-state index < -0.39 is 0 Å². The third kappa shape index (κ3) is 7.93. The molecular weight excluding hydrogens is 468 g/mol. The van der Waals surface area contributed by atoms with Gasteiger partial charge in [-0.05, 0) is 49.4 Å². The van der Waals surface area contributed by atoms with E-state index in [-0.39, 0.29) is 12.0 Å². The maximum atomic E-state index is 12.6. The molecule has 4 rings (SSSR count). The van der Waals surface area contributed by atoms with Gasteiger partial charge in [0.2, 0.25) is 0 Å². The molecule has 1 amide bonds. The van der Waals surface area contributed by atoms with Crippen molar-refractivity contribution in [1.82, 2.24) is 10.3 Å². The van der Waals surface area contributed by atoms with Crippen LogP contribution < -0.4 is 29.3 Å². The molecule has 0 saturated carbocycles. The minimum Gasteiger partial charge on any atom is -0.497 e. The second-order valence-electron chi connectivity index (χ2n) is 9.60. The van der Waals surface area contributed by atoms with E-state index >= 15 is 0 Å². The van der Waals surface area contributed by atoms with Crippen molar-refractivity contribution in [1.29, 1.82) is 0 Å². The molecule has 3 N–H and O–H groups in total. The zero-order valence-electron chi connectivity index (χ0n) is 22.0. The van der Waals surface area contributed by atoms with Gasteiger partial charge in [0.1, 0.15) is 62.6 Å². The number of nitrogens with one attached hydrogen (secondary N) is 3. The summed E-state index contributed by atoms with van der Waals surface area (Å²) in [6, 6.07) is 17.6. The number of amides is 1. The van der Waals surface area contributed by atoms with Gasteiger partial charge >= 0.3 is 0 Å². The maximum absolute atomic E-state index is 12.6. The molecule has 0 radical (unpaired) electrons. The van der Waals surface area contributed by atoms with Crippen LogP contribution in [0.2, 0.25) is 0 Å². The second-order valence-corrected chi connectivity index (χ2v) is 9.60. The largest absolute Gasteiger partial charge is 0.497 e. The molecule has 1 aliphatic heterocycles. The summed E-state index contributed by atoms with van der Waals surface area (Å²) in [5.74, 6) is 1.75. The van der Waals surface area contributed by atoms with Crippen molar-refractivity contribution >= 4 is 5.91 Å². The Labute approximate surface area is 219 Å². The highest BCUT2D eigenvalue weighted by Gasteiger charge is 2.23. The smallest absolute Gasteiger partial charge is 0.251 e. The third-order valence-electron chi connectivity index (χ3n) is 6.72. The Balaban J connectivity index is 1.19. The number of benzene rings is 2. The monoisotopic (exact) mass is 506 g/mol. The Bertz CT molecular complexity index is 1110. The quantitative estimate of drug-likeness (QED) is 0.358. The third-order valence-corrected chi connectivity index (χ3v) is 6.72. The fraction of sp³-hybridized carbons (Fsp3) is 0.379. The standard InChI is InChI=1S/C29H36N4O4/c1-22(18-31-29(34)25-15-27(35-2)17-28(16-25)36-3)37-26-8-6-23(7-9-26)20-32-11-13-33(14-12-32)21-24-5-4-10-30-19-24/h4-10,15-17,19,22H,11-14,18,20-21H2,1-3H3,(H,31,34)/p+2. The first-order valence-electron chi connectivity index (χ1n) is 12.9. The van der Waals surface area contributed by atoms with Crippen LogP contribution in [0, 0.1) is 0 Å². The Morgan fingerprint density at radius 1 is 0.892 bits per heavy atom. The van der Waals surface area contributed by atoms with E-state index in [9.17, 15) is 4.79 Å². The van der Waals surface area contributed by atoms with E-state index in [1.54, 1.807) is 42.2 Å². The fourth-order valence-electron chi connectivity index (χ4n) is 4.63. The molecule has 1 aliphatic rings. The van der Waals surface area contributed by atoms with Crippen molar-refractivity contribution in [3.63, 3.8) is 0 Å². The first kappa shape index (κ1) is 26.4. The number of aromatic nitrogens is 1. The number of hydrogen-bond acceptors (Lipinski definition) is 5. The Hall–Kier alpha value is -3.62. The molecule has 37 heavy (non-hydrogen) atoms. The van der Waals surface area contributed by atoms with Crippen LogP contribution in [0.5, 0.6) is 17.2 Å². The van der Waals surface area contributed by atoms with Crippen molar-refractivity contribution in [3.05, 3.63) is 83.7 Å². The van der Waals surface area contributed by atoms with Crippen molar-refractivity contribution in [3.8, 4) is 17.2 Å². The van der Waals surface area contributed by atoms with Crippen LogP contribution in [0.4, 0.5) is 0 Å². The first-order valence-corrected chi connectivity index (χ1v) is 12.9. The lowest BCUT2D eigenvalue weighted by atomic mass is 10.1. The SMILES string of the molecule is COc1cc(OC)cc(C(=O)NCC(C)Oc2ccc(C[NH+]3CC[NH+](Cc4cccnc4)CC3)cc2)c1. The van der Waals surface area contributed by atoms with E-state index in [1.165, 1.54) is 37.3 Å². The topological polar surface area (TPSA) is 78.6 Å². The predicted octanol–water partition coefficient (Wildman–Crippen LogP) is 0.780. The maximum Gasteiger partial charge on any atom is 0.251 e. The molecule has 8 heteroatoms. The predicted molar refractivity (Wildman–Crippen MR) is 141 cm³/mol. The summed E-state index contributed by atoms with van der Waals surface area (Å²) in [4.78, 5) is 20.1. The second kappa shape index (κ2) is 13.1. The van der Waals surface area contributed by atoms with Gasteiger partial charge in [0.25, 0.3) is 5.91 Å². The summed E-state index contributed by atoms with van der Waals surface area (Å²) < 4.78 is 16.5. The van der Waals surface area contributed by atoms with Gasteiger partial charge < -0.3 is 29.3 Å². The fourth-order valence-corrected chi connectivity index (χ4v) is 4.63. The van der Waals surface area contributed by atoms with Crippen molar-refractivity contribution in [2.45, 2.75) is 26.1 Å². The molecule has 1 fully saturated rings. The van der Waals surface area contributed by atoms with Gasteiger partial charge in [0.15, 0.2) is 0 Å². The van der Waals surface area contributed by atoms with Gasteiger partial charge in [-0.2, -0.15) is 0 Å². The molecule has 3 aromatic rings. The van der Waals surface area contributed by atoms with Gasteiger partial charge in [-0.1, -0.05) is 6.07 Å². The van der Waals surface area contributed by atoms with Crippen LogP contribution in [0.1, 0.15) is 28.4 Å². The number of carbonyl (C=O) groups is 1. The Morgan fingerprint density at radius 2 is 1.51 bits per heavy atom. The number of pyridine rings is 1. The van der Waals surface area contributed by atoms with Gasteiger partial charge in [0.05, 0.1) is 20.8 Å². The summed E-state index contributed by atoms with van der Waals surface area (Å²) in [7, 11) is 3.12. The van der Waals surface area contributed by atoms with Crippen LogP contribution in [-0.2, 0) is 13.1 Å². The number of methoxy groups -OCH3 is 2. The molecule has 0 spiro atoms. The molecule has 1 saturated heterocycles. The minimum absolute atomic E-state index is 0.177. The summed E-state index contributed by atoms with van der Waals surface area (Å²) >= 11 is 0. The number of carbonyl (C=O) groups excluding carboxylic acids is 1. The molecule has 0 bridgehead atoms. The van der Waals surface area contributed by atoms with Crippen LogP contribution in [0.15, 0.2) is 67.0 Å². The van der Waals surface area contributed by atoms with Crippen LogP contribution >= 0.6 is 0 Å². The van der Waals surface area contributed by atoms with E-state index in [1.807, 2.05) is 37.5 Å². The number of nitrogens with zero attached hydrogens (tertiary/aromatic N) is 1. The van der Waals surface area contributed by atoms with Crippen LogP contribution in [0.25, 0.3) is 0 Å². The van der Waals surface area contributed by atoms with E-state index in [0.29, 0.717) is 23.6 Å². The molecule has 8 nitrogen and oxygen atoms in total. The summed E-state index contributed by atoms with van der Waals surface area (Å²) in [6.07, 6.45) is 3.63. The molecule has 0 aliphatic carbocycles. The highest BCUT2D eigenvalue weighted by atomic mass is 16.5. The summed E-state index contributed by atoms with van der Waals surface area (Å²) in [6.45, 7) is 9.10. The highest BCUT2D eigenvalue weighted by Crippen LogP contribution is 2.22. The van der Waals surface area contributed by atoms with Gasteiger partial charge in [0, 0.05) is 35.2 Å². The normalized spacial score (nSPS) is 18.0. The Morgan fingerprint density at radius 3 is 2.08 bits per heavy atom. The number of hydrogen-bond donors (Lipinski definition) is 3. The molecule has 1 unspecified atom stereocenters. The lowest BCUT2D eigenvalue weighted by Crippen LogP contribution is -3.27. The molecule has 2 heterocycles. The number of rotatable bonds is 11. The highest BCUT2D eigenvalue weighted by molar-refractivity contribution is 5.95. The lowest BCUT2D eigenvalue weighted by Gasteiger charge is -2.29. The van der Waals surface area contributed by atoms with Crippen molar-refractivity contribution in [2.75, 3.05) is 46.9 Å². The zero-order chi connectivity index (χ0) is 26.0. The van der Waals surface area contributed by atoms with Gasteiger partial charge in [-0.25, -0.2) is 0 Å². The molecular formula is C29H38N4O4+2. The minimum atomic E-state index is -0.201. The van der Waals surface area contributed by atoms with Gasteiger partial charge in [-0.15, -0.1) is 0 Å². The lowest BCUT2D eigenvalue weighted by molar-refractivity contribution is -1.02. The van der Waals surface area contributed by atoms with Crippen molar-refractivity contribution < 1.29 is 28.8 Å². The number of piperazine rings is 1. The number of quaternary nitrogens is 2. The van der Waals surface area contributed by atoms with Crippen molar-refractivity contribution in [2.24, 2.45) is 0 Å². The van der Waals surface area contributed by atoms with E-state index in [2.05, 4.69) is 28.5 Å². The molecule has 1 aromatic heterocycles. The van der Waals surface area contributed by atoms with Crippen LogP contribution in [0.3, 0.4) is 0 Å². The zero-order valence-corrected chi connectivity index (χ0v) is 22.0. The van der Waals surface area contributed by atoms with Gasteiger partial charge in [-0.3, -0.25) is 9.78 Å². The number of ether oxygens (including phenoxy) is 3. The van der Waals surface area contributed by atoms with Crippen LogP contribution in [-0.4, -0.2) is 63.9 Å². The average Bonchev–Trinajstić information content (AvgIpc) is 2.94. The van der Waals surface area contributed by atoms with E-state index in [0.717, 1.165) is 18.8 Å². The first-order chi connectivity index (χ1) is 18.0. The Kier molecular flexibility index (Phi) is 9.35. The molecule has 196 valence electrons. The average molecular weight is 507 g/mol. The molecule has 2 aromatic carbocycles.